The Balaban J connectivity index is 2.01. The first-order valence-corrected chi connectivity index (χ1v) is 7.05. The number of nitrogens with zero attached hydrogens (tertiary/aromatic N) is 2. The number of halogens is 1. The molecule has 2 N–H and O–H groups in total. The van der Waals surface area contributed by atoms with Gasteiger partial charge in [0.25, 0.3) is 0 Å². The average molecular weight is 320 g/mol. The monoisotopic (exact) mass is 319 g/mol. The Morgan fingerprint density at radius 3 is 2.53 bits per heavy atom. The lowest BCUT2D eigenvalue weighted by Crippen LogP contribution is -2.18. The number of hydrogen-bond donors (Lipinski definition) is 1. The first kappa shape index (κ1) is 14.2. The van der Waals surface area contributed by atoms with E-state index in [2.05, 4.69) is 51.1 Å². The molecule has 4 heteroatoms. The Kier molecular flexibility index (Phi) is 5.07. The Labute approximate surface area is 122 Å². The maximum atomic E-state index is 5.61. The van der Waals surface area contributed by atoms with Crippen molar-refractivity contribution in [1.82, 2.24) is 9.88 Å². The smallest absolute Gasteiger partial charge is 0.0547 e. The van der Waals surface area contributed by atoms with Gasteiger partial charge < -0.3 is 5.73 Å². The van der Waals surface area contributed by atoms with Crippen LogP contribution in [0, 0.1) is 0 Å². The van der Waals surface area contributed by atoms with Crippen LogP contribution < -0.4 is 5.73 Å². The third kappa shape index (κ3) is 4.13. The summed E-state index contributed by atoms with van der Waals surface area (Å²) >= 11 is 3.57. The molecule has 1 aromatic heterocycles. The summed E-state index contributed by atoms with van der Waals surface area (Å²) in [6.07, 6.45) is 0. The minimum absolute atomic E-state index is 0.488. The number of nitrogens with two attached hydrogens (primary N) is 1. The Morgan fingerprint density at radius 2 is 1.79 bits per heavy atom. The third-order valence-electron chi connectivity index (χ3n) is 2.90. The van der Waals surface area contributed by atoms with E-state index in [0.29, 0.717) is 6.54 Å². The van der Waals surface area contributed by atoms with Crippen molar-refractivity contribution in [2.75, 3.05) is 7.05 Å². The van der Waals surface area contributed by atoms with Crippen LogP contribution in [0.25, 0.3) is 0 Å². The topological polar surface area (TPSA) is 42.1 Å². The lowest BCUT2D eigenvalue weighted by atomic mass is 10.2. The lowest BCUT2D eigenvalue weighted by Gasteiger charge is -2.17. The van der Waals surface area contributed by atoms with E-state index in [1.165, 1.54) is 5.56 Å². The van der Waals surface area contributed by atoms with Crippen LogP contribution in [-0.2, 0) is 19.6 Å². The van der Waals surface area contributed by atoms with E-state index in [9.17, 15) is 0 Å². The first-order valence-electron chi connectivity index (χ1n) is 6.26. The summed E-state index contributed by atoms with van der Waals surface area (Å²) in [5, 5.41) is 0. The van der Waals surface area contributed by atoms with Crippen molar-refractivity contribution >= 4 is 15.9 Å². The standard InChI is InChI=1S/C15H18BrN3/c1-19(10-12-5-2-3-8-15(12)16)11-14-7-4-6-13(9-17)18-14/h2-8H,9-11,17H2,1H3. The molecule has 0 unspecified atom stereocenters. The van der Waals surface area contributed by atoms with Gasteiger partial charge >= 0.3 is 0 Å². The zero-order valence-corrected chi connectivity index (χ0v) is 12.6. The molecule has 0 fully saturated rings. The predicted octanol–water partition coefficient (Wildman–Crippen LogP) is 2.93. The minimum Gasteiger partial charge on any atom is -0.325 e. The van der Waals surface area contributed by atoms with Crippen LogP contribution in [0.4, 0.5) is 0 Å². The lowest BCUT2D eigenvalue weighted by molar-refractivity contribution is 0.314. The van der Waals surface area contributed by atoms with Crippen LogP contribution in [0.1, 0.15) is 17.0 Å². The van der Waals surface area contributed by atoms with Gasteiger partial charge in [-0.05, 0) is 30.8 Å². The van der Waals surface area contributed by atoms with Crippen LogP contribution in [-0.4, -0.2) is 16.9 Å². The van der Waals surface area contributed by atoms with Crippen molar-refractivity contribution in [3.8, 4) is 0 Å². The zero-order valence-electron chi connectivity index (χ0n) is 11.0. The number of aromatic nitrogens is 1. The molecule has 1 heterocycles. The van der Waals surface area contributed by atoms with E-state index in [1.807, 2.05) is 24.3 Å². The molecule has 2 aromatic rings. The molecule has 0 amide bonds. The molecule has 0 saturated heterocycles. The highest BCUT2D eigenvalue weighted by molar-refractivity contribution is 9.10. The molecule has 0 aliphatic heterocycles. The fraction of sp³-hybridized carbons (Fsp3) is 0.267. The van der Waals surface area contributed by atoms with Crippen LogP contribution in [0.15, 0.2) is 46.9 Å². The van der Waals surface area contributed by atoms with Gasteiger partial charge in [0.05, 0.1) is 11.4 Å². The van der Waals surface area contributed by atoms with E-state index < -0.39 is 0 Å². The minimum atomic E-state index is 0.488. The van der Waals surface area contributed by atoms with Crippen molar-refractivity contribution < 1.29 is 0 Å². The van der Waals surface area contributed by atoms with Crippen LogP contribution in [0.3, 0.4) is 0 Å². The molecular weight excluding hydrogens is 302 g/mol. The second-order valence-corrected chi connectivity index (χ2v) is 5.44. The summed E-state index contributed by atoms with van der Waals surface area (Å²) in [5.74, 6) is 0. The van der Waals surface area contributed by atoms with Gasteiger partial charge in [-0.3, -0.25) is 9.88 Å². The van der Waals surface area contributed by atoms with Gasteiger partial charge in [0.1, 0.15) is 0 Å². The number of rotatable bonds is 5. The quantitative estimate of drug-likeness (QED) is 0.921. The van der Waals surface area contributed by atoms with Crippen molar-refractivity contribution in [2.45, 2.75) is 19.6 Å². The molecule has 0 bridgehead atoms. The normalized spacial score (nSPS) is 10.9. The number of hydrogen-bond acceptors (Lipinski definition) is 3. The Morgan fingerprint density at radius 1 is 1.05 bits per heavy atom. The maximum absolute atomic E-state index is 5.61. The van der Waals surface area contributed by atoms with Crippen LogP contribution in [0.5, 0.6) is 0 Å². The molecule has 0 aliphatic carbocycles. The summed E-state index contributed by atoms with van der Waals surface area (Å²) in [5.41, 5.74) is 8.88. The number of benzene rings is 1. The van der Waals surface area contributed by atoms with Gasteiger partial charge in [0, 0.05) is 24.1 Å². The van der Waals surface area contributed by atoms with Gasteiger partial charge in [0.2, 0.25) is 0 Å². The maximum Gasteiger partial charge on any atom is 0.0547 e. The molecule has 19 heavy (non-hydrogen) atoms. The van der Waals surface area contributed by atoms with Crippen molar-refractivity contribution in [2.24, 2.45) is 5.73 Å². The van der Waals surface area contributed by atoms with E-state index in [1.54, 1.807) is 0 Å². The fourth-order valence-electron chi connectivity index (χ4n) is 1.98. The summed E-state index contributed by atoms with van der Waals surface area (Å²) < 4.78 is 1.14. The zero-order chi connectivity index (χ0) is 13.7. The molecule has 2 rings (SSSR count). The molecule has 100 valence electrons. The first-order chi connectivity index (χ1) is 9.19. The predicted molar refractivity (Wildman–Crippen MR) is 81.4 cm³/mol. The molecule has 1 aromatic carbocycles. The fourth-order valence-corrected chi connectivity index (χ4v) is 2.39. The Hall–Kier alpha value is -1.23. The second-order valence-electron chi connectivity index (χ2n) is 4.59. The molecule has 0 saturated carbocycles. The van der Waals surface area contributed by atoms with Crippen molar-refractivity contribution in [3.05, 3.63) is 63.9 Å². The van der Waals surface area contributed by atoms with E-state index in [4.69, 9.17) is 5.73 Å². The van der Waals surface area contributed by atoms with E-state index in [-0.39, 0.29) is 0 Å². The summed E-state index contributed by atoms with van der Waals surface area (Å²) in [6.45, 7) is 2.19. The molecule has 0 radical (unpaired) electrons. The van der Waals surface area contributed by atoms with Crippen molar-refractivity contribution in [3.63, 3.8) is 0 Å². The highest BCUT2D eigenvalue weighted by Gasteiger charge is 2.05. The van der Waals surface area contributed by atoms with Crippen LogP contribution in [0.2, 0.25) is 0 Å². The van der Waals surface area contributed by atoms with E-state index in [0.717, 1.165) is 29.0 Å². The molecule has 0 atom stereocenters. The van der Waals surface area contributed by atoms with E-state index >= 15 is 0 Å². The van der Waals surface area contributed by atoms with Crippen LogP contribution >= 0.6 is 15.9 Å². The summed E-state index contributed by atoms with van der Waals surface area (Å²) in [6, 6.07) is 14.3. The highest BCUT2D eigenvalue weighted by Crippen LogP contribution is 2.17. The molecule has 3 nitrogen and oxygen atoms in total. The SMILES string of the molecule is CN(Cc1cccc(CN)n1)Cc1ccccc1Br. The van der Waals surface area contributed by atoms with Gasteiger partial charge in [-0.2, -0.15) is 0 Å². The average Bonchev–Trinajstić information content (AvgIpc) is 2.41. The van der Waals surface area contributed by atoms with Gasteiger partial charge in [0.15, 0.2) is 0 Å². The highest BCUT2D eigenvalue weighted by atomic mass is 79.9. The molecule has 0 aliphatic rings. The second kappa shape index (κ2) is 6.80. The van der Waals surface area contributed by atoms with Gasteiger partial charge in [-0.1, -0.05) is 40.2 Å². The van der Waals surface area contributed by atoms with Gasteiger partial charge in [-0.15, -0.1) is 0 Å². The Bertz CT molecular complexity index is 542. The van der Waals surface area contributed by atoms with Gasteiger partial charge in [-0.25, -0.2) is 0 Å². The largest absolute Gasteiger partial charge is 0.325 e. The summed E-state index contributed by atoms with van der Waals surface area (Å²) in [4.78, 5) is 6.76. The summed E-state index contributed by atoms with van der Waals surface area (Å²) in [7, 11) is 2.09. The number of pyridine rings is 1. The molecular formula is C15H18BrN3. The molecule has 0 spiro atoms. The third-order valence-corrected chi connectivity index (χ3v) is 3.68. The van der Waals surface area contributed by atoms with Crippen molar-refractivity contribution in [1.29, 1.82) is 0 Å².